The molecule has 0 radical (unpaired) electrons. The van der Waals surface area contributed by atoms with Crippen LogP contribution in [-0.4, -0.2) is 28.5 Å². The van der Waals surface area contributed by atoms with Crippen LogP contribution in [0.5, 0.6) is 0 Å². The van der Waals surface area contributed by atoms with E-state index in [1.54, 1.807) is 6.20 Å². The number of halogens is 2. The van der Waals surface area contributed by atoms with Crippen molar-refractivity contribution in [2.45, 2.75) is 38.0 Å². The largest absolute Gasteiger partial charge is 0.395 e. The number of hydrogen-bond acceptors (Lipinski definition) is 4. The van der Waals surface area contributed by atoms with Gasteiger partial charge in [-0.25, -0.2) is 13.8 Å². The minimum atomic E-state index is -2.63. The standard InChI is InChI=1S/C14H16F2N2O2S/c15-14(16)6-4-10(5-7-14)12(20)18-13-17-9-11(21-13)3-1-2-8-19/h9-10,19H,2,4-8H2,(H,17,18,20). The second kappa shape index (κ2) is 6.96. The second-order valence-corrected chi connectivity index (χ2v) is 5.96. The molecular weight excluding hydrogens is 298 g/mol. The fraction of sp³-hybridized carbons (Fsp3) is 0.571. The Morgan fingerprint density at radius 1 is 1.52 bits per heavy atom. The lowest BCUT2D eigenvalue weighted by Crippen LogP contribution is -2.31. The van der Waals surface area contributed by atoms with Crippen molar-refractivity contribution in [2.75, 3.05) is 11.9 Å². The van der Waals surface area contributed by atoms with Gasteiger partial charge >= 0.3 is 0 Å². The monoisotopic (exact) mass is 314 g/mol. The highest BCUT2D eigenvalue weighted by molar-refractivity contribution is 7.16. The Morgan fingerprint density at radius 2 is 2.24 bits per heavy atom. The van der Waals surface area contributed by atoms with Crippen LogP contribution in [0.25, 0.3) is 0 Å². The summed E-state index contributed by atoms with van der Waals surface area (Å²) >= 11 is 1.23. The topological polar surface area (TPSA) is 62.2 Å². The van der Waals surface area contributed by atoms with Crippen molar-refractivity contribution in [3.05, 3.63) is 11.1 Å². The van der Waals surface area contributed by atoms with Crippen LogP contribution in [0.4, 0.5) is 13.9 Å². The lowest BCUT2D eigenvalue weighted by atomic mass is 9.86. The molecule has 1 aliphatic rings. The first-order valence-electron chi connectivity index (χ1n) is 6.74. The molecule has 0 bridgehead atoms. The Balaban J connectivity index is 1.87. The number of anilines is 1. The summed E-state index contributed by atoms with van der Waals surface area (Å²) in [6.07, 6.45) is 1.86. The van der Waals surface area contributed by atoms with E-state index < -0.39 is 5.92 Å². The highest BCUT2D eigenvalue weighted by atomic mass is 32.1. The van der Waals surface area contributed by atoms with E-state index in [0.717, 1.165) is 0 Å². The fourth-order valence-corrected chi connectivity index (χ4v) is 2.80. The van der Waals surface area contributed by atoms with Crippen molar-refractivity contribution in [1.29, 1.82) is 0 Å². The maximum atomic E-state index is 13.0. The van der Waals surface area contributed by atoms with Crippen LogP contribution < -0.4 is 5.32 Å². The summed E-state index contributed by atoms with van der Waals surface area (Å²) in [6.45, 7) is 0.00170. The van der Waals surface area contributed by atoms with E-state index >= 15 is 0 Å². The summed E-state index contributed by atoms with van der Waals surface area (Å²) < 4.78 is 26.1. The molecule has 1 aromatic rings. The van der Waals surface area contributed by atoms with Gasteiger partial charge in [0.15, 0.2) is 5.13 Å². The molecule has 1 aliphatic carbocycles. The zero-order valence-corrected chi connectivity index (χ0v) is 12.2. The second-order valence-electron chi connectivity index (χ2n) is 4.92. The van der Waals surface area contributed by atoms with E-state index in [1.165, 1.54) is 11.3 Å². The number of carbonyl (C=O) groups excluding carboxylic acids is 1. The number of nitrogens with zero attached hydrogens (tertiary/aromatic N) is 1. The van der Waals surface area contributed by atoms with Gasteiger partial charge in [0.2, 0.25) is 11.8 Å². The molecule has 1 heterocycles. The molecule has 7 heteroatoms. The van der Waals surface area contributed by atoms with Crippen LogP contribution in [-0.2, 0) is 4.79 Å². The molecule has 0 unspecified atom stereocenters. The molecule has 114 valence electrons. The van der Waals surface area contributed by atoms with Gasteiger partial charge in [0.25, 0.3) is 0 Å². The van der Waals surface area contributed by atoms with Crippen LogP contribution in [0.15, 0.2) is 6.20 Å². The van der Waals surface area contributed by atoms with Gasteiger partial charge in [0.1, 0.15) is 0 Å². The Hall–Kier alpha value is -1.52. The molecule has 0 aliphatic heterocycles. The van der Waals surface area contributed by atoms with Crippen molar-refractivity contribution in [1.82, 2.24) is 4.98 Å². The van der Waals surface area contributed by atoms with Crippen LogP contribution in [0.3, 0.4) is 0 Å². The van der Waals surface area contributed by atoms with E-state index in [1.807, 2.05) is 0 Å². The number of aromatic nitrogens is 1. The number of alkyl halides is 2. The molecule has 1 amide bonds. The number of carbonyl (C=O) groups is 1. The van der Waals surface area contributed by atoms with Crippen molar-refractivity contribution < 1.29 is 18.7 Å². The SMILES string of the molecule is O=C(Nc1ncc(C#CCCO)s1)C1CCC(F)(F)CC1. The van der Waals surface area contributed by atoms with E-state index in [-0.39, 0.29) is 44.1 Å². The van der Waals surface area contributed by atoms with Crippen LogP contribution >= 0.6 is 11.3 Å². The van der Waals surface area contributed by atoms with Crippen molar-refractivity contribution in [3.63, 3.8) is 0 Å². The Bertz CT molecular complexity index is 553. The van der Waals surface area contributed by atoms with Crippen molar-refractivity contribution >= 4 is 22.4 Å². The number of hydrogen-bond donors (Lipinski definition) is 2. The third-order valence-corrected chi connectivity index (χ3v) is 4.10. The molecular formula is C14H16F2N2O2S. The number of thiazole rings is 1. The first-order chi connectivity index (χ1) is 10.00. The van der Waals surface area contributed by atoms with Crippen LogP contribution in [0, 0.1) is 17.8 Å². The maximum absolute atomic E-state index is 13.0. The van der Waals surface area contributed by atoms with Crippen molar-refractivity contribution in [2.24, 2.45) is 5.92 Å². The van der Waals surface area contributed by atoms with E-state index in [4.69, 9.17) is 5.11 Å². The van der Waals surface area contributed by atoms with Gasteiger partial charge < -0.3 is 10.4 Å². The third kappa shape index (κ3) is 4.76. The molecule has 0 aromatic carbocycles. The number of nitrogens with one attached hydrogen (secondary N) is 1. The average Bonchev–Trinajstić information content (AvgIpc) is 2.86. The average molecular weight is 314 g/mol. The molecule has 4 nitrogen and oxygen atoms in total. The molecule has 0 spiro atoms. The van der Waals surface area contributed by atoms with Gasteiger partial charge in [-0.2, -0.15) is 0 Å². The maximum Gasteiger partial charge on any atom is 0.248 e. The van der Waals surface area contributed by atoms with Gasteiger partial charge in [0.05, 0.1) is 17.7 Å². The highest BCUT2D eigenvalue weighted by Crippen LogP contribution is 2.36. The molecule has 1 saturated carbocycles. The molecule has 1 aromatic heterocycles. The summed E-state index contributed by atoms with van der Waals surface area (Å²) in [5.74, 6) is 2.33. The van der Waals surface area contributed by atoms with Crippen LogP contribution in [0.1, 0.15) is 37.0 Å². The van der Waals surface area contributed by atoms with Gasteiger partial charge in [-0.1, -0.05) is 23.2 Å². The molecule has 2 rings (SSSR count). The lowest BCUT2D eigenvalue weighted by Gasteiger charge is -2.26. The zero-order chi connectivity index (χ0) is 15.3. The normalized spacial score (nSPS) is 17.9. The van der Waals surface area contributed by atoms with Gasteiger partial charge in [-0.15, -0.1) is 0 Å². The predicted octanol–water partition coefficient (Wildman–Crippen LogP) is 2.64. The number of aliphatic hydroxyl groups excluding tert-OH is 1. The molecule has 0 atom stereocenters. The summed E-state index contributed by atoms with van der Waals surface area (Å²) in [4.78, 5) is 16.7. The van der Waals surface area contributed by atoms with Gasteiger partial charge in [0, 0.05) is 25.2 Å². The van der Waals surface area contributed by atoms with E-state index in [0.29, 0.717) is 16.4 Å². The summed E-state index contributed by atoms with van der Waals surface area (Å²) in [7, 11) is 0. The first kappa shape index (κ1) is 15.9. The quantitative estimate of drug-likeness (QED) is 0.843. The van der Waals surface area contributed by atoms with E-state index in [2.05, 4.69) is 22.1 Å². The summed E-state index contributed by atoms with van der Waals surface area (Å²) in [5, 5.41) is 11.7. The Morgan fingerprint density at radius 3 is 2.90 bits per heavy atom. The minimum absolute atomic E-state index is 0.00170. The molecule has 0 saturated heterocycles. The first-order valence-corrected chi connectivity index (χ1v) is 7.56. The molecule has 21 heavy (non-hydrogen) atoms. The number of amides is 1. The Kier molecular flexibility index (Phi) is 5.26. The summed E-state index contributed by atoms with van der Waals surface area (Å²) in [6, 6.07) is 0. The predicted molar refractivity (Wildman–Crippen MR) is 76.2 cm³/mol. The highest BCUT2D eigenvalue weighted by Gasteiger charge is 2.37. The lowest BCUT2D eigenvalue weighted by molar-refractivity contribution is -0.124. The van der Waals surface area contributed by atoms with Crippen molar-refractivity contribution in [3.8, 4) is 11.8 Å². The fourth-order valence-electron chi connectivity index (χ4n) is 2.10. The Labute approximate surface area is 125 Å². The van der Waals surface area contributed by atoms with Gasteiger partial charge in [-0.05, 0) is 12.8 Å². The molecule has 1 fully saturated rings. The number of rotatable bonds is 3. The number of aliphatic hydroxyl groups is 1. The van der Waals surface area contributed by atoms with Gasteiger partial charge in [-0.3, -0.25) is 4.79 Å². The third-order valence-electron chi connectivity index (χ3n) is 3.27. The molecule has 2 N–H and O–H groups in total. The zero-order valence-electron chi connectivity index (χ0n) is 11.4. The van der Waals surface area contributed by atoms with Crippen LogP contribution in [0.2, 0.25) is 0 Å². The summed E-state index contributed by atoms with van der Waals surface area (Å²) in [5.41, 5.74) is 0. The smallest absolute Gasteiger partial charge is 0.248 e. The minimum Gasteiger partial charge on any atom is -0.395 e. The van der Waals surface area contributed by atoms with E-state index in [9.17, 15) is 13.6 Å².